The van der Waals surface area contributed by atoms with E-state index >= 15 is 0 Å². The van der Waals surface area contributed by atoms with E-state index in [2.05, 4.69) is 83.8 Å². The number of hydrogen-bond donors (Lipinski definition) is 0. The van der Waals surface area contributed by atoms with Gasteiger partial charge >= 0.3 is 0 Å². The predicted molar refractivity (Wildman–Crippen MR) is 150 cm³/mol. The van der Waals surface area contributed by atoms with Crippen molar-refractivity contribution in [2.45, 2.75) is 0 Å². The maximum absolute atomic E-state index is 6.60. The first-order valence-corrected chi connectivity index (χ1v) is 12.6. The second-order valence-corrected chi connectivity index (χ2v) is 9.68. The zero-order valence-electron chi connectivity index (χ0n) is 19.3. The Labute approximate surface area is 212 Å². The molecule has 2 heterocycles. The van der Waals surface area contributed by atoms with Gasteiger partial charge in [-0.3, -0.25) is 4.98 Å². The second kappa shape index (κ2) is 8.59. The van der Waals surface area contributed by atoms with Crippen molar-refractivity contribution < 1.29 is 4.74 Å². The summed E-state index contributed by atoms with van der Waals surface area (Å²) in [7, 11) is 0. The maximum Gasteiger partial charge on any atom is 0.143 e. The van der Waals surface area contributed by atoms with Gasteiger partial charge in [0.2, 0.25) is 0 Å². The summed E-state index contributed by atoms with van der Waals surface area (Å²) in [5, 5.41) is 5.34. The number of rotatable bonds is 4. The van der Waals surface area contributed by atoms with Gasteiger partial charge in [0, 0.05) is 34.1 Å². The average Bonchev–Trinajstić information content (AvgIpc) is 3.38. The third-order valence-electron chi connectivity index (χ3n) is 6.45. The number of benzene rings is 5. The van der Waals surface area contributed by atoms with Crippen LogP contribution in [0.25, 0.3) is 53.5 Å². The van der Waals surface area contributed by atoms with Crippen LogP contribution < -0.4 is 4.74 Å². The van der Waals surface area contributed by atoms with Crippen molar-refractivity contribution in [3.05, 3.63) is 122 Å². The monoisotopic (exact) mass is 480 g/mol. The fraction of sp³-hybridized carbons (Fsp3) is 0. The lowest BCUT2D eigenvalue weighted by Gasteiger charge is -2.17. The standard InChI is InChI=1S/C32H20N2OS/c1-2-8-21(9-3-1)30-24-10-4-5-11-25(24)31(26-18-19-33-20-27(26)30)35-23-16-14-22(15-17-23)32-34-28-12-6-7-13-29(28)36-32/h1-20H. The zero-order chi connectivity index (χ0) is 23.9. The molecule has 0 bridgehead atoms. The lowest BCUT2D eigenvalue weighted by atomic mass is 9.92. The fourth-order valence-corrected chi connectivity index (χ4v) is 5.76. The lowest BCUT2D eigenvalue weighted by Crippen LogP contribution is -1.92. The van der Waals surface area contributed by atoms with E-state index < -0.39 is 0 Å². The van der Waals surface area contributed by atoms with Crippen LogP contribution in [0.3, 0.4) is 0 Å². The Balaban J connectivity index is 1.35. The summed E-state index contributed by atoms with van der Waals surface area (Å²) in [5.74, 6) is 1.63. The van der Waals surface area contributed by atoms with Crippen LogP contribution in [0.5, 0.6) is 11.5 Å². The van der Waals surface area contributed by atoms with Crippen LogP contribution in [0.1, 0.15) is 0 Å². The molecule has 5 aromatic carbocycles. The summed E-state index contributed by atoms with van der Waals surface area (Å²) < 4.78 is 7.79. The normalized spacial score (nSPS) is 11.3. The van der Waals surface area contributed by atoms with Gasteiger partial charge < -0.3 is 4.74 Å². The highest BCUT2D eigenvalue weighted by Crippen LogP contribution is 2.44. The minimum Gasteiger partial charge on any atom is -0.456 e. The summed E-state index contributed by atoms with van der Waals surface area (Å²) in [6.07, 6.45) is 3.77. The minimum absolute atomic E-state index is 0.788. The Hall–Kier alpha value is -4.54. The van der Waals surface area contributed by atoms with Crippen molar-refractivity contribution in [3.63, 3.8) is 0 Å². The molecule has 3 nitrogen and oxygen atoms in total. The number of para-hydroxylation sites is 1. The smallest absolute Gasteiger partial charge is 0.143 e. The van der Waals surface area contributed by atoms with Crippen molar-refractivity contribution in [1.29, 1.82) is 0 Å². The lowest BCUT2D eigenvalue weighted by molar-refractivity contribution is 0.494. The first-order valence-electron chi connectivity index (χ1n) is 11.8. The molecule has 0 amide bonds. The first kappa shape index (κ1) is 20.8. The Morgan fingerprint density at radius 3 is 2.14 bits per heavy atom. The van der Waals surface area contributed by atoms with Gasteiger partial charge in [-0.05, 0) is 59.0 Å². The quantitative estimate of drug-likeness (QED) is 0.236. The number of hydrogen-bond acceptors (Lipinski definition) is 4. The van der Waals surface area contributed by atoms with E-state index in [-0.39, 0.29) is 0 Å². The van der Waals surface area contributed by atoms with E-state index in [1.165, 1.54) is 15.8 Å². The number of ether oxygens (including phenoxy) is 1. The van der Waals surface area contributed by atoms with E-state index in [0.29, 0.717) is 0 Å². The van der Waals surface area contributed by atoms with Crippen LogP contribution in [0.15, 0.2) is 122 Å². The average molecular weight is 481 g/mol. The molecule has 0 atom stereocenters. The molecule has 0 radical (unpaired) electrons. The highest BCUT2D eigenvalue weighted by Gasteiger charge is 2.17. The molecule has 7 aromatic rings. The molecule has 4 heteroatoms. The highest BCUT2D eigenvalue weighted by atomic mass is 32.1. The van der Waals surface area contributed by atoms with Gasteiger partial charge in [0.1, 0.15) is 16.5 Å². The highest BCUT2D eigenvalue weighted by molar-refractivity contribution is 7.21. The molecule has 2 aromatic heterocycles. The Morgan fingerprint density at radius 2 is 1.31 bits per heavy atom. The van der Waals surface area contributed by atoms with Crippen molar-refractivity contribution in [2.75, 3.05) is 0 Å². The molecule has 0 N–H and O–H groups in total. The Kier molecular flexibility index (Phi) is 4.97. The molecule has 0 fully saturated rings. The van der Waals surface area contributed by atoms with Crippen LogP contribution in [0, 0.1) is 0 Å². The summed E-state index contributed by atoms with van der Waals surface area (Å²) in [6, 6.07) is 37.4. The van der Waals surface area contributed by atoms with E-state index in [4.69, 9.17) is 9.72 Å². The number of pyridine rings is 1. The van der Waals surface area contributed by atoms with E-state index in [0.717, 1.165) is 49.1 Å². The topological polar surface area (TPSA) is 35.0 Å². The van der Waals surface area contributed by atoms with E-state index in [1.807, 2.05) is 42.7 Å². The Morgan fingerprint density at radius 1 is 0.583 bits per heavy atom. The molecule has 0 unspecified atom stereocenters. The molecular weight excluding hydrogens is 460 g/mol. The van der Waals surface area contributed by atoms with Crippen LogP contribution in [0.2, 0.25) is 0 Å². The zero-order valence-corrected chi connectivity index (χ0v) is 20.1. The van der Waals surface area contributed by atoms with Crippen LogP contribution >= 0.6 is 11.3 Å². The Bertz CT molecular complexity index is 1770. The molecule has 170 valence electrons. The molecule has 0 aliphatic carbocycles. The fourth-order valence-electron chi connectivity index (χ4n) is 4.79. The van der Waals surface area contributed by atoms with Gasteiger partial charge in [-0.25, -0.2) is 4.98 Å². The van der Waals surface area contributed by atoms with Crippen LogP contribution in [0.4, 0.5) is 0 Å². The molecule has 36 heavy (non-hydrogen) atoms. The minimum atomic E-state index is 0.788. The van der Waals surface area contributed by atoms with Gasteiger partial charge in [0.15, 0.2) is 0 Å². The molecule has 0 spiro atoms. The number of nitrogens with zero attached hydrogens (tertiary/aromatic N) is 2. The molecule has 0 saturated carbocycles. The van der Waals surface area contributed by atoms with Crippen LogP contribution in [-0.2, 0) is 0 Å². The summed E-state index contributed by atoms with van der Waals surface area (Å²) in [6.45, 7) is 0. The van der Waals surface area contributed by atoms with Crippen LogP contribution in [-0.4, -0.2) is 9.97 Å². The summed E-state index contributed by atoms with van der Waals surface area (Å²) in [4.78, 5) is 9.24. The summed E-state index contributed by atoms with van der Waals surface area (Å²) >= 11 is 1.70. The first-order chi connectivity index (χ1) is 17.8. The van der Waals surface area contributed by atoms with Gasteiger partial charge in [-0.15, -0.1) is 11.3 Å². The van der Waals surface area contributed by atoms with Crippen molar-refractivity contribution in [2.24, 2.45) is 0 Å². The maximum atomic E-state index is 6.60. The number of fused-ring (bicyclic) bond motifs is 3. The molecule has 0 saturated heterocycles. The van der Waals surface area contributed by atoms with E-state index in [1.54, 1.807) is 11.3 Å². The number of aromatic nitrogens is 2. The number of thiazole rings is 1. The largest absolute Gasteiger partial charge is 0.456 e. The SMILES string of the molecule is c1ccc(-c2c3ccccc3c(Oc3ccc(-c4nc5ccccc5s4)cc3)c3ccncc23)cc1. The van der Waals surface area contributed by atoms with Gasteiger partial charge in [0.05, 0.1) is 10.2 Å². The molecule has 7 rings (SSSR count). The van der Waals surface area contributed by atoms with Gasteiger partial charge in [0.25, 0.3) is 0 Å². The second-order valence-electron chi connectivity index (χ2n) is 8.65. The van der Waals surface area contributed by atoms with Crippen molar-refractivity contribution in [1.82, 2.24) is 9.97 Å². The third kappa shape index (κ3) is 3.51. The van der Waals surface area contributed by atoms with Gasteiger partial charge in [-0.1, -0.05) is 66.7 Å². The third-order valence-corrected chi connectivity index (χ3v) is 7.54. The van der Waals surface area contributed by atoms with Gasteiger partial charge in [-0.2, -0.15) is 0 Å². The van der Waals surface area contributed by atoms with Crippen molar-refractivity contribution in [3.8, 4) is 33.2 Å². The predicted octanol–water partition coefficient (Wildman–Crippen LogP) is 9.12. The molecular formula is C32H20N2OS. The molecule has 0 aliphatic rings. The van der Waals surface area contributed by atoms with Crippen molar-refractivity contribution >= 4 is 43.1 Å². The molecule has 0 aliphatic heterocycles. The summed E-state index contributed by atoms with van der Waals surface area (Å²) in [5.41, 5.74) is 4.45. The van der Waals surface area contributed by atoms with E-state index in [9.17, 15) is 0 Å².